The van der Waals surface area contributed by atoms with Gasteiger partial charge in [-0.2, -0.15) is 23.3 Å². The lowest BCUT2D eigenvalue weighted by molar-refractivity contribution is -0.134. The second kappa shape index (κ2) is 10.0. The highest BCUT2D eigenvalue weighted by atomic mass is 32.1. The van der Waals surface area contributed by atoms with Crippen LogP contribution in [0.4, 0.5) is 18.3 Å². The second-order valence-electron chi connectivity index (χ2n) is 9.42. The summed E-state index contributed by atoms with van der Waals surface area (Å²) in [6.07, 6.45) is -0.955. The van der Waals surface area contributed by atoms with Gasteiger partial charge < -0.3 is 16.1 Å². The predicted octanol–water partition coefficient (Wildman–Crippen LogP) is 2.82. The number of amides is 2. The number of benzene rings is 1. The van der Waals surface area contributed by atoms with E-state index in [0.717, 1.165) is 53.4 Å². The molecule has 0 radical (unpaired) electrons. The van der Waals surface area contributed by atoms with Crippen molar-refractivity contribution in [2.45, 2.75) is 50.7 Å². The van der Waals surface area contributed by atoms with Crippen molar-refractivity contribution >= 4 is 44.2 Å². The van der Waals surface area contributed by atoms with E-state index in [1.807, 2.05) is 0 Å². The summed E-state index contributed by atoms with van der Waals surface area (Å²) in [5.41, 5.74) is 4.10. The fraction of sp³-hybridized carbons (Fsp3) is 0.500. The molecule has 1 aromatic carbocycles. The summed E-state index contributed by atoms with van der Waals surface area (Å²) >= 11 is 1.11. The molecule has 1 aromatic heterocycles. The van der Waals surface area contributed by atoms with E-state index in [1.165, 1.54) is 6.92 Å². The van der Waals surface area contributed by atoms with Gasteiger partial charge in [0.25, 0.3) is 5.91 Å². The Kier molecular flexibility index (Phi) is 7.32. The zero-order chi connectivity index (χ0) is 25.7. The highest BCUT2D eigenvalue weighted by Crippen LogP contribution is 2.38. The lowest BCUT2D eigenvalue weighted by Gasteiger charge is -2.48. The van der Waals surface area contributed by atoms with Crippen molar-refractivity contribution < 1.29 is 28.2 Å². The Bertz CT molecular complexity index is 1230. The van der Waals surface area contributed by atoms with Gasteiger partial charge >= 0.3 is 6.18 Å². The Hall–Kier alpha value is -3.03. The third-order valence-corrected chi connectivity index (χ3v) is 8.43. The van der Waals surface area contributed by atoms with E-state index >= 15 is 0 Å². The van der Waals surface area contributed by atoms with Crippen LogP contribution in [0.5, 0.6) is 0 Å². The Morgan fingerprint density at radius 3 is 2.32 bits per heavy atom. The first kappa shape index (κ1) is 27.0. The van der Waals surface area contributed by atoms with Crippen LogP contribution in [0.15, 0.2) is 40.6 Å². The number of primary amides is 1. The molecule has 4 heterocycles. The third kappa shape index (κ3) is 4.71. The zero-order valence-electron chi connectivity index (χ0n) is 20.3. The van der Waals surface area contributed by atoms with Gasteiger partial charge in [-0.25, -0.2) is 4.98 Å². The van der Waals surface area contributed by atoms with Crippen LogP contribution in [0.1, 0.15) is 39.0 Å². The molecule has 3 aliphatic heterocycles. The Morgan fingerprint density at radius 1 is 1.08 bits per heavy atom. The van der Waals surface area contributed by atoms with E-state index in [-0.39, 0.29) is 16.3 Å². The molecule has 200 valence electrons. The van der Waals surface area contributed by atoms with Crippen LogP contribution < -0.4 is 10.7 Å². The lowest BCUT2D eigenvalue weighted by atomic mass is 9.83. The molecule has 2 amide bonds. The molecule has 0 spiro atoms. The normalized spacial score (nSPS) is 22.2. The van der Waals surface area contributed by atoms with Gasteiger partial charge in [-0.05, 0) is 57.8 Å². The molecule has 2 fully saturated rings. The lowest BCUT2D eigenvalue weighted by Crippen LogP contribution is -2.63. The molecule has 3 aliphatic rings. The average molecular weight is 539 g/mol. The van der Waals surface area contributed by atoms with Crippen molar-refractivity contribution in [3.8, 4) is 0 Å². The highest BCUT2D eigenvalue weighted by molar-refractivity contribution is 7.22. The van der Waals surface area contributed by atoms with E-state index in [4.69, 9.17) is 5.73 Å². The predicted molar refractivity (Wildman–Crippen MR) is 135 cm³/mol. The second-order valence-corrected chi connectivity index (χ2v) is 10.4. The zero-order valence-corrected chi connectivity index (χ0v) is 21.2. The number of carbonyl (C=O) groups is 2. The first-order chi connectivity index (χ1) is 17.1. The van der Waals surface area contributed by atoms with Crippen molar-refractivity contribution in [2.75, 3.05) is 31.2 Å². The number of anilines is 1. The van der Waals surface area contributed by atoms with Gasteiger partial charge in [0.1, 0.15) is 5.54 Å². The number of hydrazone groups is 1. The van der Waals surface area contributed by atoms with E-state index in [2.05, 4.69) is 15.0 Å². The third-order valence-electron chi connectivity index (χ3n) is 7.42. The molecule has 0 unspecified atom stereocenters. The number of allylic oxidation sites excluding steroid dienone is 1. The SMILES string of the molecule is C/C(=C1/C(=O)N(c2nc3ccccc3s2)N=C1C(F)(F)F)N1CCC(C(N)=O)(N2CCCCC2)CC1.O. The molecular formula is C24H29F3N6O3S. The maximum Gasteiger partial charge on any atom is 0.436 e. The summed E-state index contributed by atoms with van der Waals surface area (Å²) in [6, 6.07) is 7.08. The first-order valence-corrected chi connectivity index (χ1v) is 12.8. The number of alkyl halides is 3. The van der Waals surface area contributed by atoms with Crippen LogP contribution in [0, 0.1) is 0 Å². The minimum atomic E-state index is -4.82. The summed E-state index contributed by atoms with van der Waals surface area (Å²) in [5.74, 6) is -1.26. The van der Waals surface area contributed by atoms with E-state index in [0.29, 0.717) is 31.4 Å². The number of nitrogens with zero attached hydrogens (tertiary/aromatic N) is 5. The number of carbonyl (C=O) groups excluding carboxylic acids is 2. The van der Waals surface area contributed by atoms with Gasteiger partial charge in [0.05, 0.1) is 15.8 Å². The standard InChI is InChI=1S/C24H27F3N6O2S.H2O/c1-15(31-13-9-23(10-14-31,21(28)35)32-11-5-2-6-12-32)18-19(24(25,26)27)30-33(20(18)34)22-29-16-7-3-4-8-17(16)36-22;/h3-4,7-8H,2,5-6,9-14H2,1H3,(H2,28,35);1H2/b18-15-;. The molecule has 9 nitrogen and oxygen atoms in total. The summed E-state index contributed by atoms with van der Waals surface area (Å²) < 4.78 is 42.8. The van der Waals surface area contributed by atoms with E-state index in [9.17, 15) is 22.8 Å². The number of nitrogens with two attached hydrogens (primary N) is 1. The van der Waals surface area contributed by atoms with Crippen molar-refractivity contribution in [1.82, 2.24) is 14.8 Å². The number of hydrogen-bond acceptors (Lipinski definition) is 7. The van der Waals surface area contributed by atoms with Crippen molar-refractivity contribution in [3.63, 3.8) is 0 Å². The van der Waals surface area contributed by atoms with Gasteiger partial charge in [0.15, 0.2) is 5.71 Å². The monoisotopic (exact) mass is 538 g/mol. The molecule has 0 atom stereocenters. The number of rotatable bonds is 4. The fourth-order valence-corrected chi connectivity index (χ4v) is 6.33. The number of thiazole rings is 1. The molecular weight excluding hydrogens is 509 g/mol. The molecule has 4 N–H and O–H groups in total. The number of piperidine rings is 2. The maximum absolute atomic E-state index is 14.0. The molecule has 37 heavy (non-hydrogen) atoms. The topological polar surface area (TPSA) is 127 Å². The number of halogens is 3. The summed E-state index contributed by atoms with van der Waals surface area (Å²) in [5, 5.41) is 4.52. The number of aromatic nitrogens is 1. The summed E-state index contributed by atoms with van der Waals surface area (Å²) in [6.45, 7) is 3.70. The molecule has 0 bridgehead atoms. The van der Waals surface area contributed by atoms with Crippen LogP contribution in [0.2, 0.25) is 0 Å². The number of fused-ring (bicyclic) bond motifs is 1. The van der Waals surface area contributed by atoms with Gasteiger partial charge in [0.2, 0.25) is 11.0 Å². The Balaban J connectivity index is 0.00000320. The largest absolute Gasteiger partial charge is 0.436 e. The molecule has 2 aromatic rings. The minimum Gasteiger partial charge on any atom is -0.412 e. The van der Waals surface area contributed by atoms with Crippen LogP contribution in [-0.2, 0) is 9.59 Å². The number of hydrogen-bond donors (Lipinski definition) is 1. The Labute approximate surface area is 215 Å². The van der Waals surface area contributed by atoms with Crippen molar-refractivity contribution in [1.29, 1.82) is 0 Å². The molecule has 0 aliphatic carbocycles. The van der Waals surface area contributed by atoms with Crippen molar-refractivity contribution in [3.05, 3.63) is 35.5 Å². The highest BCUT2D eigenvalue weighted by Gasteiger charge is 2.50. The fourth-order valence-electron chi connectivity index (χ4n) is 5.42. The van der Waals surface area contributed by atoms with Gasteiger partial charge in [-0.15, -0.1) is 0 Å². The molecule has 0 saturated carbocycles. The number of likely N-dealkylation sites (tertiary alicyclic amines) is 2. The van der Waals surface area contributed by atoms with Crippen LogP contribution in [0.3, 0.4) is 0 Å². The van der Waals surface area contributed by atoms with Crippen LogP contribution in [0.25, 0.3) is 10.2 Å². The smallest absolute Gasteiger partial charge is 0.412 e. The van der Waals surface area contributed by atoms with Gasteiger partial charge in [-0.1, -0.05) is 29.9 Å². The summed E-state index contributed by atoms with van der Waals surface area (Å²) in [4.78, 5) is 34.0. The van der Waals surface area contributed by atoms with Crippen LogP contribution in [-0.4, -0.2) is 75.7 Å². The first-order valence-electron chi connectivity index (χ1n) is 12.0. The molecule has 13 heteroatoms. The number of para-hydroxylation sites is 1. The van der Waals surface area contributed by atoms with Crippen molar-refractivity contribution in [2.24, 2.45) is 10.8 Å². The molecule has 5 rings (SSSR count). The van der Waals surface area contributed by atoms with Crippen LogP contribution >= 0.6 is 11.3 Å². The van der Waals surface area contributed by atoms with E-state index in [1.54, 1.807) is 29.2 Å². The average Bonchev–Trinajstić information content (AvgIpc) is 3.45. The Morgan fingerprint density at radius 2 is 1.73 bits per heavy atom. The summed E-state index contributed by atoms with van der Waals surface area (Å²) in [7, 11) is 0. The van der Waals surface area contributed by atoms with Gasteiger partial charge in [0, 0.05) is 18.8 Å². The molecule has 2 saturated heterocycles. The van der Waals surface area contributed by atoms with E-state index < -0.39 is 34.8 Å². The minimum absolute atomic E-state index is 0. The quantitative estimate of drug-likeness (QED) is 0.599. The maximum atomic E-state index is 14.0. The van der Waals surface area contributed by atoms with Gasteiger partial charge in [-0.3, -0.25) is 14.5 Å².